The number of hydrogen-bond acceptors (Lipinski definition) is 7. The number of hydrogen-bond donors (Lipinski definition) is 2. The standard InChI is InChI=1S/C18H25ClFNO3.C18H26FNO4.CH2ClI.CH4/c1-2-3-4-9-16(17(22)13-19)21-18(23)14-7-5-8-15(12-14)24-11-6-10-20;1-3-4-5-10-16(18(22)23-2)20-17(21)14-8-6-9-15(13-14)24-12-7-11-19;2-1-3;/h5,7-8,12,16H,2-4,6,9-11,13H2,1H3,(H,21,23);6,8-9,13,16H,3-5,7,10-12H2,1-2H3,(H,20,21);1H2;1H4/t2*16-;;/m00../s1. The van der Waals surface area contributed by atoms with E-state index >= 15 is 0 Å². The molecule has 2 aromatic rings. The predicted octanol–water partition coefficient (Wildman–Crippen LogP) is 9.44. The summed E-state index contributed by atoms with van der Waals surface area (Å²) in [5.74, 6) is -0.460. The molecule has 0 aliphatic carbocycles. The Morgan fingerprint density at radius 3 is 1.54 bits per heavy atom. The van der Waals surface area contributed by atoms with E-state index in [1.54, 1.807) is 48.5 Å². The third kappa shape index (κ3) is 23.8. The molecule has 0 fully saturated rings. The van der Waals surface area contributed by atoms with Crippen LogP contribution in [0, 0.1) is 0 Å². The maximum atomic E-state index is 12.4. The molecule has 9 nitrogen and oxygen atoms in total. The first-order valence-electron chi connectivity index (χ1n) is 17.1. The highest BCUT2D eigenvalue weighted by Gasteiger charge is 2.22. The van der Waals surface area contributed by atoms with Gasteiger partial charge in [0, 0.05) is 24.0 Å². The largest absolute Gasteiger partial charge is 0.493 e. The summed E-state index contributed by atoms with van der Waals surface area (Å²) in [7, 11) is 1.31. The third-order valence-corrected chi connectivity index (χ3v) is 7.36. The van der Waals surface area contributed by atoms with Gasteiger partial charge >= 0.3 is 5.97 Å². The van der Waals surface area contributed by atoms with E-state index in [9.17, 15) is 28.0 Å². The number of ether oxygens (including phenoxy) is 3. The average Bonchev–Trinajstić information content (AvgIpc) is 3.14. The van der Waals surface area contributed by atoms with E-state index in [1.165, 1.54) is 7.11 Å². The van der Waals surface area contributed by atoms with Crippen LogP contribution in [0.3, 0.4) is 0 Å². The molecule has 0 aliphatic heterocycles. The van der Waals surface area contributed by atoms with Crippen molar-refractivity contribution in [3.63, 3.8) is 0 Å². The van der Waals surface area contributed by atoms with Gasteiger partial charge in [-0.05, 0) is 49.2 Å². The molecular weight excluding hydrogens is 832 g/mol. The summed E-state index contributed by atoms with van der Waals surface area (Å²) < 4.78 is 40.4. The second kappa shape index (κ2) is 34.1. The number of halogens is 5. The number of nitrogens with one attached hydrogen (secondary N) is 2. The van der Waals surface area contributed by atoms with Crippen molar-refractivity contribution in [3.05, 3.63) is 59.7 Å². The van der Waals surface area contributed by atoms with E-state index < -0.39 is 31.4 Å². The van der Waals surface area contributed by atoms with Gasteiger partial charge in [0.1, 0.15) is 17.5 Å². The number of ketones is 1. The zero-order valence-electron chi connectivity index (χ0n) is 29.8. The van der Waals surface area contributed by atoms with Gasteiger partial charge in [0.25, 0.3) is 11.8 Å². The number of alkyl halides is 5. The van der Waals surface area contributed by atoms with Gasteiger partial charge in [-0.15, -0.1) is 23.2 Å². The second-order valence-electron chi connectivity index (χ2n) is 11.1. The third-order valence-electron chi connectivity index (χ3n) is 7.10. The number of unbranched alkanes of at least 4 members (excludes halogenated alkanes) is 4. The maximum Gasteiger partial charge on any atom is 0.328 e. The number of esters is 1. The molecule has 296 valence electrons. The zero-order valence-corrected chi connectivity index (χ0v) is 33.5. The number of amides is 2. The van der Waals surface area contributed by atoms with Gasteiger partial charge in [0.2, 0.25) is 0 Å². The molecule has 2 atom stereocenters. The van der Waals surface area contributed by atoms with Gasteiger partial charge in [-0.2, -0.15) is 0 Å². The van der Waals surface area contributed by atoms with Crippen molar-refractivity contribution in [1.29, 1.82) is 0 Å². The lowest BCUT2D eigenvalue weighted by molar-refractivity contribution is -0.143. The van der Waals surface area contributed by atoms with Gasteiger partial charge in [-0.3, -0.25) is 23.2 Å². The van der Waals surface area contributed by atoms with Crippen molar-refractivity contribution in [1.82, 2.24) is 10.6 Å². The van der Waals surface area contributed by atoms with Crippen LogP contribution in [0.4, 0.5) is 8.78 Å². The quantitative estimate of drug-likeness (QED) is 0.0494. The molecular formula is C38H57Cl2F2IN2O7. The van der Waals surface area contributed by atoms with Crippen LogP contribution in [0.2, 0.25) is 0 Å². The van der Waals surface area contributed by atoms with Crippen molar-refractivity contribution in [2.75, 3.05) is 43.4 Å². The smallest absolute Gasteiger partial charge is 0.328 e. The zero-order chi connectivity index (χ0) is 38.3. The van der Waals surface area contributed by atoms with E-state index in [1.807, 2.05) is 0 Å². The number of Topliss-reactive ketones (excluding diaryl/α,β-unsaturated/α-hetero) is 1. The van der Waals surface area contributed by atoms with Crippen LogP contribution >= 0.6 is 45.8 Å². The van der Waals surface area contributed by atoms with Gasteiger partial charge in [0.05, 0.1) is 49.5 Å². The second-order valence-corrected chi connectivity index (χ2v) is 13.3. The number of carbonyl (C=O) groups excluding carboxylic acids is 4. The molecule has 2 amide bonds. The molecule has 0 saturated carbocycles. The molecule has 0 spiro atoms. The van der Waals surface area contributed by atoms with Gasteiger partial charge in [-0.25, -0.2) is 4.79 Å². The Balaban J connectivity index is 0. The van der Waals surface area contributed by atoms with Crippen LogP contribution in [0.1, 0.15) is 106 Å². The Labute approximate surface area is 332 Å². The number of carbonyl (C=O) groups is 4. The summed E-state index contributed by atoms with van der Waals surface area (Å²) >= 11 is 12.7. The first kappa shape index (κ1) is 51.4. The number of rotatable bonds is 23. The van der Waals surface area contributed by atoms with Crippen LogP contribution in [0.5, 0.6) is 11.5 Å². The Hall–Kier alpha value is -2.71. The summed E-state index contributed by atoms with van der Waals surface area (Å²) in [6, 6.07) is 12.0. The molecule has 0 heterocycles. The molecule has 2 aromatic carbocycles. The van der Waals surface area contributed by atoms with Crippen LogP contribution < -0.4 is 20.1 Å². The van der Waals surface area contributed by atoms with Gasteiger partial charge < -0.3 is 24.8 Å². The molecule has 0 aliphatic rings. The fourth-order valence-electron chi connectivity index (χ4n) is 4.42. The van der Waals surface area contributed by atoms with Crippen LogP contribution in [-0.4, -0.2) is 79.1 Å². The van der Waals surface area contributed by atoms with Gasteiger partial charge in [0.15, 0.2) is 5.78 Å². The lowest BCUT2D eigenvalue weighted by Gasteiger charge is -2.17. The van der Waals surface area contributed by atoms with Crippen LogP contribution in [0.15, 0.2) is 48.5 Å². The molecule has 2 rings (SSSR count). The lowest BCUT2D eigenvalue weighted by Crippen LogP contribution is -2.41. The van der Waals surface area contributed by atoms with Crippen molar-refractivity contribution in [3.8, 4) is 11.5 Å². The Bertz CT molecular complexity index is 1170. The average molecular weight is 890 g/mol. The molecule has 0 unspecified atom stereocenters. The van der Waals surface area contributed by atoms with Crippen LogP contribution in [-0.2, 0) is 14.3 Å². The molecule has 2 N–H and O–H groups in total. The normalized spacial score (nSPS) is 11.2. The number of benzene rings is 2. The fourth-order valence-corrected chi connectivity index (χ4v) is 4.61. The van der Waals surface area contributed by atoms with Crippen LogP contribution in [0.25, 0.3) is 0 Å². The summed E-state index contributed by atoms with van der Waals surface area (Å²) in [4.78, 5) is 48.4. The maximum absolute atomic E-state index is 12.4. The Morgan fingerprint density at radius 1 is 0.731 bits per heavy atom. The summed E-state index contributed by atoms with van der Waals surface area (Å²) in [5, 5.41) is 5.46. The van der Waals surface area contributed by atoms with Crippen molar-refractivity contribution in [2.45, 2.75) is 97.6 Å². The van der Waals surface area contributed by atoms with Crippen molar-refractivity contribution >= 4 is 69.4 Å². The minimum absolute atomic E-state index is 0. The van der Waals surface area contributed by atoms with Crippen molar-refractivity contribution < 1.29 is 42.2 Å². The molecule has 0 aromatic heterocycles. The monoisotopic (exact) mass is 888 g/mol. The van der Waals surface area contributed by atoms with Gasteiger partial charge in [-0.1, -0.05) is 94.5 Å². The molecule has 14 heteroatoms. The number of methoxy groups -OCH3 is 1. The molecule has 52 heavy (non-hydrogen) atoms. The fraction of sp³-hybridized carbons (Fsp3) is 0.579. The van der Waals surface area contributed by atoms with E-state index in [-0.39, 0.29) is 44.1 Å². The Kier molecular flexibility index (Phi) is 33.7. The predicted molar refractivity (Wildman–Crippen MR) is 215 cm³/mol. The molecule has 0 saturated heterocycles. The lowest BCUT2D eigenvalue weighted by atomic mass is 10.0. The van der Waals surface area contributed by atoms with E-state index in [4.69, 9.17) is 37.4 Å². The highest BCUT2D eigenvalue weighted by molar-refractivity contribution is 14.1. The molecule has 0 bridgehead atoms. The van der Waals surface area contributed by atoms with Crippen molar-refractivity contribution in [2.24, 2.45) is 0 Å². The highest BCUT2D eigenvalue weighted by atomic mass is 127. The minimum atomic E-state index is -0.662. The summed E-state index contributed by atoms with van der Waals surface area (Å²) in [6.07, 6.45) is 7.48. The molecule has 0 radical (unpaired) electrons. The SMILES string of the molecule is C.CCCCC[C@H](NC(=O)c1cccc(OCCCF)c1)C(=O)CCl.CCCCC[C@H](NC(=O)c1cccc(OCCCF)c1)C(=O)OC.ClCI. The first-order chi connectivity index (χ1) is 24.6. The van der Waals surface area contributed by atoms with E-state index in [0.717, 1.165) is 38.5 Å². The van der Waals surface area contributed by atoms with E-state index in [2.05, 4.69) is 47.1 Å². The van der Waals surface area contributed by atoms with E-state index in [0.29, 0.717) is 52.2 Å². The topological polar surface area (TPSA) is 120 Å². The summed E-state index contributed by atoms with van der Waals surface area (Å²) in [6.45, 7) is 3.76. The minimum Gasteiger partial charge on any atom is -0.493 e. The Morgan fingerprint density at radius 2 is 1.15 bits per heavy atom. The summed E-state index contributed by atoms with van der Waals surface area (Å²) in [5.41, 5.74) is 0.785. The first-order valence-corrected chi connectivity index (χ1v) is 19.7. The highest BCUT2D eigenvalue weighted by Crippen LogP contribution is 2.16.